The monoisotopic (exact) mass is 180 g/mol. The summed E-state index contributed by atoms with van der Waals surface area (Å²) in [5, 5.41) is 0. The third-order valence-corrected chi connectivity index (χ3v) is 1.68. The van der Waals surface area contributed by atoms with Crippen LogP contribution in [0.1, 0.15) is 0 Å². The van der Waals surface area contributed by atoms with Gasteiger partial charge in [0.25, 0.3) is 0 Å². The van der Waals surface area contributed by atoms with Gasteiger partial charge >= 0.3 is 0 Å². The van der Waals surface area contributed by atoms with E-state index < -0.39 is 11.6 Å². The number of benzene rings is 1. The molecule has 0 amide bonds. The third kappa shape index (κ3) is 1.42. The van der Waals surface area contributed by atoms with Gasteiger partial charge in [-0.15, -0.1) is 0 Å². The van der Waals surface area contributed by atoms with Crippen LogP contribution in [0, 0.1) is 11.6 Å². The molecule has 4 heteroatoms. The van der Waals surface area contributed by atoms with E-state index in [1.54, 1.807) is 6.20 Å². The number of nitrogens with zero attached hydrogens (tertiary/aromatic N) is 1. The van der Waals surface area contributed by atoms with Crippen molar-refractivity contribution in [3.8, 4) is 11.4 Å². The Hall–Kier alpha value is -1.71. The summed E-state index contributed by atoms with van der Waals surface area (Å²) in [6.07, 6.45) is 3.04. The number of halogens is 2. The molecule has 0 radical (unpaired) electrons. The largest absolute Gasteiger partial charge is 0.345 e. The lowest BCUT2D eigenvalue weighted by Gasteiger charge is -1.98. The topological polar surface area (TPSA) is 28.7 Å². The maximum absolute atomic E-state index is 13.1. The molecule has 0 aliphatic carbocycles. The molecule has 66 valence electrons. The van der Waals surface area contributed by atoms with Gasteiger partial charge in [0, 0.05) is 12.4 Å². The van der Waals surface area contributed by atoms with Crippen LogP contribution in [0.4, 0.5) is 8.78 Å². The van der Waals surface area contributed by atoms with Crippen molar-refractivity contribution in [2.75, 3.05) is 0 Å². The molecular formula is C9H6F2N2. The Morgan fingerprint density at radius 2 is 2.08 bits per heavy atom. The van der Waals surface area contributed by atoms with Crippen molar-refractivity contribution in [1.82, 2.24) is 9.97 Å². The van der Waals surface area contributed by atoms with Gasteiger partial charge in [-0.25, -0.2) is 13.8 Å². The van der Waals surface area contributed by atoms with E-state index in [-0.39, 0.29) is 5.56 Å². The highest BCUT2D eigenvalue weighted by atomic mass is 19.1. The smallest absolute Gasteiger partial charge is 0.140 e. The number of hydrogen-bond acceptors (Lipinski definition) is 1. The maximum atomic E-state index is 13.1. The molecule has 0 unspecified atom stereocenters. The quantitative estimate of drug-likeness (QED) is 0.716. The molecule has 1 N–H and O–H groups in total. The van der Waals surface area contributed by atoms with Gasteiger partial charge in [-0.1, -0.05) is 0 Å². The molecule has 1 aromatic carbocycles. The van der Waals surface area contributed by atoms with Crippen LogP contribution in [0.5, 0.6) is 0 Å². The van der Waals surface area contributed by atoms with E-state index in [0.717, 1.165) is 18.2 Å². The zero-order valence-electron chi connectivity index (χ0n) is 6.59. The van der Waals surface area contributed by atoms with E-state index in [0.29, 0.717) is 5.82 Å². The first-order valence-corrected chi connectivity index (χ1v) is 3.72. The molecule has 1 aromatic heterocycles. The summed E-state index contributed by atoms with van der Waals surface area (Å²) in [5.41, 5.74) is 0.144. The highest BCUT2D eigenvalue weighted by molar-refractivity contribution is 5.55. The lowest BCUT2D eigenvalue weighted by molar-refractivity contribution is 0.602. The number of hydrogen-bond donors (Lipinski definition) is 1. The predicted molar refractivity (Wildman–Crippen MR) is 43.9 cm³/mol. The van der Waals surface area contributed by atoms with Gasteiger partial charge in [0.05, 0.1) is 5.56 Å². The van der Waals surface area contributed by atoms with Crippen molar-refractivity contribution in [1.29, 1.82) is 0 Å². The lowest BCUT2D eigenvalue weighted by Crippen LogP contribution is -1.87. The van der Waals surface area contributed by atoms with E-state index in [1.807, 2.05) is 0 Å². The molecule has 13 heavy (non-hydrogen) atoms. The minimum absolute atomic E-state index is 0.144. The Kier molecular flexibility index (Phi) is 1.81. The highest BCUT2D eigenvalue weighted by Gasteiger charge is 2.07. The van der Waals surface area contributed by atoms with Crippen molar-refractivity contribution in [3.05, 3.63) is 42.2 Å². The van der Waals surface area contributed by atoms with Gasteiger partial charge < -0.3 is 4.98 Å². The van der Waals surface area contributed by atoms with E-state index in [9.17, 15) is 8.78 Å². The average molecular weight is 180 g/mol. The van der Waals surface area contributed by atoms with Crippen LogP contribution in [0.3, 0.4) is 0 Å². The van der Waals surface area contributed by atoms with Crippen LogP contribution >= 0.6 is 0 Å². The maximum Gasteiger partial charge on any atom is 0.140 e. The van der Waals surface area contributed by atoms with Gasteiger partial charge in [0.1, 0.15) is 17.5 Å². The van der Waals surface area contributed by atoms with E-state index in [4.69, 9.17) is 0 Å². The normalized spacial score (nSPS) is 10.3. The SMILES string of the molecule is Fc1ccc(F)c(-c2ncc[nH]2)c1. The van der Waals surface area contributed by atoms with E-state index in [2.05, 4.69) is 9.97 Å². The van der Waals surface area contributed by atoms with Crippen LogP contribution in [-0.2, 0) is 0 Å². The number of H-pyrrole nitrogens is 1. The standard InChI is InChI=1S/C9H6F2N2/c10-6-1-2-8(11)7(5-6)9-12-3-4-13-9/h1-5H,(H,12,13). The van der Waals surface area contributed by atoms with Gasteiger partial charge in [-0.05, 0) is 18.2 Å². The van der Waals surface area contributed by atoms with Crippen molar-refractivity contribution in [2.24, 2.45) is 0 Å². The first-order valence-electron chi connectivity index (χ1n) is 3.72. The summed E-state index contributed by atoms with van der Waals surface area (Å²) in [7, 11) is 0. The number of imidazole rings is 1. The summed E-state index contributed by atoms with van der Waals surface area (Å²) in [6, 6.07) is 3.25. The second-order valence-corrected chi connectivity index (χ2v) is 2.56. The van der Waals surface area contributed by atoms with Gasteiger partial charge in [-0.3, -0.25) is 0 Å². The Morgan fingerprint density at radius 1 is 1.23 bits per heavy atom. The second-order valence-electron chi connectivity index (χ2n) is 2.56. The molecule has 1 heterocycles. The van der Waals surface area contributed by atoms with Crippen LogP contribution in [0.25, 0.3) is 11.4 Å². The highest BCUT2D eigenvalue weighted by Crippen LogP contribution is 2.19. The molecule has 0 spiro atoms. The molecule has 0 atom stereocenters. The molecular weight excluding hydrogens is 174 g/mol. The molecule has 0 aliphatic heterocycles. The molecule has 2 aromatic rings. The Balaban J connectivity index is 2.57. The summed E-state index contributed by atoms with van der Waals surface area (Å²) in [4.78, 5) is 6.53. The summed E-state index contributed by atoms with van der Waals surface area (Å²) < 4.78 is 25.8. The van der Waals surface area contributed by atoms with Crippen LogP contribution in [0.2, 0.25) is 0 Å². The summed E-state index contributed by atoms with van der Waals surface area (Å²) >= 11 is 0. The first kappa shape index (κ1) is 7.91. The van der Waals surface area contributed by atoms with Crippen molar-refractivity contribution in [2.45, 2.75) is 0 Å². The lowest BCUT2D eigenvalue weighted by atomic mass is 10.2. The zero-order chi connectivity index (χ0) is 9.26. The fourth-order valence-electron chi connectivity index (χ4n) is 1.09. The number of aromatic amines is 1. The third-order valence-electron chi connectivity index (χ3n) is 1.68. The Labute approximate surface area is 73.2 Å². The molecule has 2 rings (SSSR count). The van der Waals surface area contributed by atoms with Crippen molar-refractivity contribution in [3.63, 3.8) is 0 Å². The van der Waals surface area contributed by atoms with Crippen LogP contribution in [-0.4, -0.2) is 9.97 Å². The van der Waals surface area contributed by atoms with Gasteiger partial charge in [-0.2, -0.15) is 0 Å². The zero-order valence-corrected chi connectivity index (χ0v) is 6.59. The molecule has 0 saturated heterocycles. The second kappa shape index (κ2) is 2.97. The molecule has 0 bridgehead atoms. The van der Waals surface area contributed by atoms with E-state index >= 15 is 0 Å². The van der Waals surface area contributed by atoms with E-state index in [1.165, 1.54) is 6.20 Å². The predicted octanol–water partition coefficient (Wildman–Crippen LogP) is 2.35. The molecule has 0 fully saturated rings. The minimum atomic E-state index is -0.489. The van der Waals surface area contributed by atoms with Crippen molar-refractivity contribution < 1.29 is 8.78 Å². The molecule has 0 aliphatic rings. The Bertz CT molecular complexity index is 410. The van der Waals surface area contributed by atoms with Gasteiger partial charge in [0.15, 0.2) is 0 Å². The molecule has 2 nitrogen and oxygen atoms in total. The fraction of sp³-hybridized carbons (Fsp3) is 0. The summed E-state index contributed by atoms with van der Waals surface area (Å²) in [5.74, 6) is -0.638. The van der Waals surface area contributed by atoms with Gasteiger partial charge in [0.2, 0.25) is 0 Å². The fourth-order valence-corrected chi connectivity index (χ4v) is 1.09. The average Bonchev–Trinajstić information content (AvgIpc) is 2.61. The molecule has 0 saturated carbocycles. The number of nitrogens with one attached hydrogen (secondary N) is 1. The first-order chi connectivity index (χ1) is 6.27. The number of rotatable bonds is 1. The van der Waals surface area contributed by atoms with Crippen LogP contribution in [0.15, 0.2) is 30.6 Å². The Morgan fingerprint density at radius 3 is 2.77 bits per heavy atom. The minimum Gasteiger partial charge on any atom is -0.345 e. The summed E-state index contributed by atoms with van der Waals surface area (Å²) in [6.45, 7) is 0. The van der Waals surface area contributed by atoms with Crippen LogP contribution < -0.4 is 0 Å². The number of aromatic nitrogens is 2. The van der Waals surface area contributed by atoms with Crippen molar-refractivity contribution >= 4 is 0 Å².